The fourth-order valence-corrected chi connectivity index (χ4v) is 2.66. The first-order chi connectivity index (χ1) is 8.58. The summed E-state index contributed by atoms with van der Waals surface area (Å²) in [5.41, 5.74) is 7.13. The van der Waals surface area contributed by atoms with Crippen LogP contribution in [0.15, 0.2) is 28.8 Å². The van der Waals surface area contributed by atoms with Gasteiger partial charge in [-0.25, -0.2) is 0 Å². The van der Waals surface area contributed by atoms with Gasteiger partial charge in [0, 0.05) is 19.1 Å². The molecule has 0 saturated carbocycles. The van der Waals surface area contributed by atoms with Gasteiger partial charge in [0.2, 0.25) is 0 Å². The first-order valence-electron chi connectivity index (χ1n) is 6.43. The van der Waals surface area contributed by atoms with Crippen molar-refractivity contribution >= 4 is 16.8 Å². The van der Waals surface area contributed by atoms with Crippen LogP contribution in [0.4, 0.5) is 5.82 Å². The first kappa shape index (κ1) is 11.5. The van der Waals surface area contributed by atoms with Crippen molar-refractivity contribution in [3.8, 4) is 0 Å². The maximum atomic E-state index is 6.17. The molecular weight excluding hydrogens is 226 g/mol. The van der Waals surface area contributed by atoms with Crippen LogP contribution < -0.4 is 10.6 Å². The number of rotatable bonds is 1. The lowest BCUT2D eigenvalue weighted by molar-refractivity contribution is 0.243. The molecule has 1 aromatic heterocycles. The van der Waals surface area contributed by atoms with Crippen LogP contribution in [0.5, 0.6) is 0 Å². The number of nitrogens with zero attached hydrogens (tertiary/aromatic N) is 2. The van der Waals surface area contributed by atoms with E-state index in [2.05, 4.69) is 30.0 Å². The average Bonchev–Trinajstić information content (AvgIpc) is 2.76. The third-order valence-electron chi connectivity index (χ3n) is 3.97. The molecule has 3 rings (SSSR count). The van der Waals surface area contributed by atoms with Crippen LogP contribution in [0.3, 0.4) is 0 Å². The Balaban J connectivity index is 1.96. The number of para-hydroxylation sites is 1. The summed E-state index contributed by atoms with van der Waals surface area (Å²) in [4.78, 5) is 2.29. The highest BCUT2D eigenvalue weighted by Gasteiger charge is 2.34. The molecule has 2 heterocycles. The van der Waals surface area contributed by atoms with Crippen molar-refractivity contribution in [1.82, 2.24) is 5.16 Å². The number of fused-ring (bicyclic) bond motifs is 1. The smallest absolute Gasteiger partial charge is 0.179 e. The van der Waals surface area contributed by atoms with Crippen LogP contribution in [0.2, 0.25) is 0 Å². The minimum absolute atomic E-state index is 0.109. The normalized spacial score (nSPS) is 23.5. The van der Waals surface area contributed by atoms with E-state index in [-0.39, 0.29) is 11.5 Å². The molecule has 4 nitrogen and oxygen atoms in total. The van der Waals surface area contributed by atoms with Crippen molar-refractivity contribution < 1.29 is 4.52 Å². The van der Waals surface area contributed by atoms with Crippen molar-refractivity contribution in [3.05, 3.63) is 24.3 Å². The van der Waals surface area contributed by atoms with Crippen molar-refractivity contribution in [2.24, 2.45) is 11.1 Å². The molecule has 1 aromatic carbocycles. The van der Waals surface area contributed by atoms with Gasteiger partial charge in [-0.05, 0) is 24.0 Å². The first-order valence-corrected chi connectivity index (χ1v) is 6.43. The topological polar surface area (TPSA) is 55.3 Å². The van der Waals surface area contributed by atoms with Gasteiger partial charge < -0.3 is 15.2 Å². The van der Waals surface area contributed by atoms with Crippen molar-refractivity contribution in [2.75, 3.05) is 18.0 Å². The van der Waals surface area contributed by atoms with Gasteiger partial charge in [-0.1, -0.05) is 31.1 Å². The molecule has 1 aliphatic rings. The predicted octanol–water partition coefficient (Wildman–Crippen LogP) is 2.39. The van der Waals surface area contributed by atoms with E-state index in [0.717, 1.165) is 36.3 Å². The van der Waals surface area contributed by atoms with E-state index in [0.29, 0.717) is 0 Å². The van der Waals surface area contributed by atoms with Crippen molar-refractivity contribution in [2.45, 2.75) is 26.3 Å². The maximum absolute atomic E-state index is 6.17. The molecule has 2 N–H and O–H groups in total. The molecule has 0 amide bonds. The maximum Gasteiger partial charge on any atom is 0.179 e. The van der Waals surface area contributed by atoms with Gasteiger partial charge in [0.25, 0.3) is 0 Å². The zero-order chi connectivity index (χ0) is 12.8. The van der Waals surface area contributed by atoms with Gasteiger partial charge in [0.05, 0.1) is 5.39 Å². The quantitative estimate of drug-likeness (QED) is 0.838. The third-order valence-corrected chi connectivity index (χ3v) is 3.97. The second-order valence-corrected chi connectivity index (χ2v) is 5.81. The zero-order valence-corrected chi connectivity index (χ0v) is 10.9. The second-order valence-electron chi connectivity index (χ2n) is 5.81. The molecule has 18 heavy (non-hydrogen) atoms. The van der Waals surface area contributed by atoms with Gasteiger partial charge >= 0.3 is 0 Å². The molecule has 2 aromatic rings. The Bertz CT molecular complexity index is 561. The molecule has 1 unspecified atom stereocenters. The van der Waals surface area contributed by atoms with Crippen molar-refractivity contribution in [3.63, 3.8) is 0 Å². The molecule has 1 saturated heterocycles. The lowest BCUT2D eigenvalue weighted by atomic mass is 9.79. The Morgan fingerprint density at radius 1 is 1.39 bits per heavy atom. The van der Waals surface area contributed by atoms with Crippen LogP contribution >= 0.6 is 0 Å². The van der Waals surface area contributed by atoms with Gasteiger partial charge in [0.15, 0.2) is 11.4 Å². The molecule has 1 aliphatic heterocycles. The summed E-state index contributed by atoms with van der Waals surface area (Å²) < 4.78 is 5.37. The van der Waals surface area contributed by atoms with Gasteiger partial charge in [-0.3, -0.25) is 0 Å². The number of piperidine rings is 1. The molecule has 0 spiro atoms. The molecule has 0 aliphatic carbocycles. The van der Waals surface area contributed by atoms with E-state index < -0.39 is 0 Å². The summed E-state index contributed by atoms with van der Waals surface area (Å²) in [5.74, 6) is 0.950. The lowest BCUT2D eigenvalue weighted by Gasteiger charge is -2.42. The number of benzene rings is 1. The highest BCUT2D eigenvalue weighted by molar-refractivity contribution is 5.88. The van der Waals surface area contributed by atoms with Crippen LogP contribution in [-0.4, -0.2) is 24.3 Å². The van der Waals surface area contributed by atoms with Crippen LogP contribution in [0.25, 0.3) is 11.0 Å². The summed E-state index contributed by atoms with van der Waals surface area (Å²) in [5, 5.41) is 5.31. The Kier molecular flexibility index (Phi) is 2.55. The Morgan fingerprint density at radius 2 is 2.17 bits per heavy atom. The SMILES string of the molecule is CC1(C)CN(c2noc3ccccc23)CCC1N. The fraction of sp³-hybridized carbons (Fsp3) is 0.500. The standard InChI is InChI=1S/C14H19N3O/c1-14(2)9-17(8-7-12(14)15)13-10-5-3-4-6-11(10)18-16-13/h3-6,12H,7-9,15H2,1-2H3. The van der Waals surface area contributed by atoms with Crippen LogP contribution in [-0.2, 0) is 0 Å². The highest BCUT2D eigenvalue weighted by Crippen LogP contribution is 2.33. The summed E-state index contributed by atoms with van der Waals surface area (Å²) in [6, 6.07) is 8.25. The number of hydrogen-bond acceptors (Lipinski definition) is 4. The Morgan fingerprint density at radius 3 is 2.94 bits per heavy atom. The Hall–Kier alpha value is -1.55. The monoisotopic (exact) mass is 245 g/mol. The molecular formula is C14H19N3O. The summed E-state index contributed by atoms with van der Waals surface area (Å²) in [6.45, 7) is 6.30. The third kappa shape index (κ3) is 1.77. The van der Waals surface area contributed by atoms with Gasteiger partial charge in [0.1, 0.15) is 0 Å². The zero-order valence-electron chi connectivity index (χ0n) is 10.9. The van der Waals surface area contributed by atoms with Crippen LogP contribution in [0, 0.1) is 5.41 Å². The number of anilines is 1. The molecule has 0 bridgehead atoms. The van der Waals surface area contributed by atoms with E-state index in [9.17, 15) is 0 Å². The molecule has 4 heteroatoms. The Labute approximate surface area is 107 Å². The van der Waals surface area contributed by atoms with E-state index in [1.807, 2.05) is 18.2 Å². The summed E-state index contributed by atoms with van der Waals surface area (Å²) >= 11 is 0. The minimum atomic E-state index is 0.109. The molecule has 1 fully saturated rings. The number of hydrogen-bond donors (Lipinski definition) is 1. The largest absolute Gasteiger partial charge is 0.354 e. The van der Waals surface area contributed by atoms with E-state index in [1.54, 1.807) is 0 Å². The van der Waals surface area contributed by atoms with Crippen LogP contribution in [0.1, 0.15) is 20.3 Å². The van der Waals surface area contributed by atoms with Gasteiger partial charge in [-0.2, -0.15) is 0 Å². The highest BCUT2D eigenvalue weighted by atomic mass is 16.5. The fourth-order valence-electron chi connectivity index (χ4n) is 2.66. The van der Waals surface area contributed by atoms with Gasteiger partial charge in [-0.15, -0.1) is 0 Å². The van der Waals surface area contributed by atoms with Crippen molar-refractivity contribution in [1.29, 1.82) is 0 Å². The molecule has 96 valence electrons. The number of nitrogens with two attached hydrogens (primary N) is 1. The lowest BCUT2D eigenvalue weighted by Crippen LogP contribution is -2.52. The van der Waals surface area contributed by atoms with E-state index in [1.165, 1.54) is 0 Å². The molecule has 1 atom stereocenters. The summed E-state index contributed by atoms with van der Waals surface area (Å²) in [6.07, 6.45) is 0.994. The predicted molar refractivity (Wildman–Crippen MR) is 72.6 cm³/mol. The minimum Gasteiger partial charge on any atom is -0.354 e. The average molecular weight is 245 g/mol. The van der Waals surface area contributed by atoms with E-state index >= 15 is 0 Å². The second kappa shape index (κ2) is 3.99. The van der Waals surface area contributed by atoms with E-state index in [4.69, 9.17) is 10.3 Å². The molecule has 0 radical (unpaired) electrons. The summed E-state index contributed by atoms with van der Waals surface area (Å²) in [7, 11) is 0. The number of aromatic nitrogens is 1.